The third-order valence-electron chi connectivity index (χ3n) is 3.80. The Kier molecular flexibility index (Phi) is 5.51. The first-order chi connectivity index (χ1) is 13.1. The summed E-state index contributed by atoms with van der Waals surface area (Å²) < 4.78 is 23.4. The van der Waals surface area contributed by atoms with Gasteiger partial charge < -0.3 is 20.1 Å². The van der Waals surface area contributed by atoms with Crippen LogP contribution in [0.1, 0.15) is 10.4 Å². The van der Waals surface area contributed by atoms with Crippen LogP contribution in [0, 0.1) is 5.82 Å². The molecule has 0 radical (unpaired) electrons. The number of benzene rings is 2. The van der Waals surface area contributed by atoms with Crippen molar-refractivity contribution < 1.29 is 18.7 Å². The largest absolute Gasteiger partial charge is 0.497 e. The van der Waals surface area contributed by atoms with Crippen LogP contribution in [0.4, 0.5) is 21.6 Å². The van der Waals surface area contributed by atoms with Crippen molar-refractivity contribution in [1.82, 2.24) is 4.98 Å². The number of halogens is 1. The quantitative estimate of drug-likeness (QED) is 0.682. The van der Waals surface area contributed by atoms with Crippen molar-refractivity contribution in [3.63, 3.8) is 0 Å². The molecule has 0 fully saturated rings. The SMILES string of the molecule is COc1ccc(Nc2ccc(C(=O)Nc3ccc(F)cc3)cn2)c(OC)c1. The Labute approximate surface area is 156 Å². The molecular formula is C20H18FN3O3. The number of nitrogens with one attached hydrogen (secondary N) is 2. The molecule has 0 saturated carbocycles. The lowest BCUT2D eigenvalue weighted by atomic mass is 10.2. The summed E-state index contributed by atoms with van der Waals surface area (Å²) >= 11 is 0. The molecule has 1 heterocycles. The van der Waals surface area contributed by atoms with Crippen molar-refractivity contribution in [2.24, 2.45) is 0 Å². The Morgan fingerprint density at radius 2 is 1.78 bits per heavy atom. The zero-order chi connectivity index (χ0) is 19.2. The average Bonchev–Trinajstić information content (AvgIpc) is 2.70. The molecule has 0 aliphatic rings. The van der Waals surface area contributed by atoms with E-state index < -0.39 is 0 Å². The molecule has 3 aromatic rings. The van der Waals surface area contributed by atoms with Gasteiger partial charge in [-0.25, -0.2) is 9.37 Å². The molecule has 1 amide bonds. The van der Waals surface area contributed by atoms with Gasteiger partial charge in [-0.3, -0.25) is 4.79 Å². The number of amides is 1. The average molecular weight is 367 g/mol. The summed E-state index contributed by atoms with van der Waals surface area (Å²) in [5.74, 6) is 1.14. The fourth-order valence-corrected chi connectivity index (χ4v) is 2.38. The predicted molar refractivity (Wildman–Crippen MR) is 101 cm³/mol. The van der Waals surface area contributed by atoms with E-state index in [4.69, 9.17) is 9.47 Å². The number of aromatic nitrogens is 1. The highest BCUT2D eigenvalue weighted by molar-refractivity contribution is 6.04. The molecule has 138 valence electrons. The molecule has 2 N–H and O–H groups in total. The molecule has 27 heavy (non-hydrogen) atoms. The monoisotopic (exact) mass is 367 g/mol. The summed E-state index contributed by atoms with van der Waals surface area (Å²) in [5, 5.41) is 5.82. The van der Waals surface area contributed by atoms with Crippen molar-refractivity contribution in [3.05, 3.63) is 72.2 Å². The minimum atomic E-state index is -0.362. The zero-order valence-corrected chi connectivity index (χ0v) is 14.8. The topological polar surface area (TPSA) is 72.5 Å². The minimum absolute atomic E-state index is 0.331. The second-order valence-electron chi connectivity index (χ2n) is 5.58. The highest BCUT2D eigenvalue weighted by Gasteiger charge is 2.09. The smallest absolute Gasteiger partial charge is 0.257 e. The van der Waals surface area contributed by atoms with Crippen molar-refractivity contribution in [1.29, 1.82) is 0 Å². The lowest BCUT2D eigenvalue weighted by molar-refractivity contribution is 0.102. The molecule has 0 aliphatic heterocycles. The second kappa shape index (κ2) is 8.18. The molecule has 3 rings (SSSR count). The Hall–Kier alpha value is -3.61. The third-order valence-corrected chi connectivity index (χ3v) is 3.80. The number of pyridine rings is 1. The van der Waals surface area contributed by atoms with E-state index in [0.29, 0.717) is 34.3 Å². The maximum Gasteiger partial charge on any atom is 0.257 e. The van der Waals surface area contributed by atoms with E-state index in [0.717, 1.165) is 0 Å². The Morgan fingerprint density at radius 1 is 1.00 bits per heavy atom. The molecule has 0 bridgehead atoms. The van der Waals surface area contributed by atoms with Crippen LogP contribution in [-0.2, 0) is 0 Å². The number of nitrogens with zero attached hydrogens (tertiary/aromatic N) is 1. The first kappa shape index (κ1) is 18.2. The standard InChI is InChI=1S/C20H18FN3O3/c1-26-16-8-9-17(18(11-16)27-2)24-19-10-3-13(12-22-19)20(25)23-15-6-4-14(21)5-7-15/h3-12H,1-2H3,(H,22,24)(H,23,25). The van der Waals surface area contributed by atoms with E-state index in [1.54, 1.807) is 38.5 Å². The van der Waals surface area contributed by atoms with Crippen LogP contribution in [-0.4, -0.2) is 25.1 Å². The molecule has 0 atom stereocenters. The van der Waals surface area contributed by atoms with E-state index in [1.807, 2.05) is 6.07 Å². The van der Waals surface area contributed by atoms with Gasteiger partial charge in [-0.15, -0.1) is 0 Å². The first-order valence-electron chi connectivity index (χ1n) is 8.11. The summed E-state index contributed by atoms with van der Waals surface area (Å²) in [6.07, 6.45) is 1.46. The number of hydrogen-bond donors (Lipinski definition) is 2. The summed E-state index contributed by atoms with van der Waals surface area (Å²) in [5.41, 5.74) is 1.60. The molecule has 6 nitrogen and oxygen atoms in total. The summed E-state index contributed by atoms with van der Waals surface area (Å²) in [6, 6.07) is 14.2. The molecule has 2 aromatic carbocycles. The molecule has 0 aliphatic carbocycles. The lowest BCUT2D eigenvalue weighted by Gasteiger charge is -2.12. The van der Waals surface area contributed by atoms with Crippen LogP contribution >= 0.6 is 0 Å². The summed E-state index contributed by atoms with van der Waals surface area (Å²) in [4.78, 5) is 16.5. The Balaban J connectivity index is 1.70. The zero-order valence-electron chi connectivity index (χ0n) is 14.8. The molecule has 7 heteroatoms. The third kappa shape index (κ3) is 4.52. The van der Waals surface area contributed by atoms with Gasteiger partial charge >= 0.3 is 0 Å². The van der Waals surface area contributed by atoms with Gasteiger partial charge in [0.05, 0.1) is 25.5 Å². The van der Waals surface area contributed by atoms with E-state index in [1.165, 1.54) is 30.5 Å². The molecule has 1 aromatic heterocycles. The number of carbonyl (C=O) groups excluding carboxylic acids is 1. The van der Waals surface area contributed by atoms with Crippen molar-refractivity contribution in [2.75, 3.05) is 24.9 Å². The number of hydrogen-bond acceptors (Lipinski definition) is 5. The number of carbonyl (C=O) groups is 1. The summed E-state index contributed by atoms with van der Waals surface area (Å²) in [6.45, 7) is 0. The number of methoxy groups -OCH3 is 2. The Morgan fingerprint density at radius 3 is 2.41 bits per heavy atom. The van der Waals surface area contributed by atoms with Gasteiger partial charge in [-0.1, -0.05) is 0 Å². The fraction of sp³-hybridized carbons (Fsp3) is 0.100. The predicted octanol–water partition coefficient (Wildman–Crippen LogP) is 4.23. The van der Waals surface area contributed by atoms with Gasteiger partial charge in [-0.05, 0) is 48.5 Å². The van der Waals surface area contributed by atoms with Gasteiger partial charge in [0, 0.05) is 18.0 Å². The van der Waals surface area contributed by atoms with Crippen LogP contribution in [0.3, 0.4) is 0 Å². The van der Waals surface area contributed by atoms with Crippen LogP contribution in [0.25, 0.3) is 0 Å². The van der Waals surface area contributed by atoms with E-state index in [2.05, 4.69) is 15.6 Å². The van der Waals surface area contributed by atoms with Crippen LogP contribution in [0.15, 0.2) is 60.8 Å². The van der Waals surface area contributed by atoms with Gasteiger partial charge in [0.25, 0.3) is 5.91 Å². The van der Waals surface area contributed by atoms with Crippen LogP contribution < -0.4 is 20.1 Å². The van der Waals surface area contributed by atoms with Gasteiger partial charge in [0.2, 0.25) is 0 Å². The van der Waals surface area contributed by atoms with Crippen molar-refractivity contribution >= 4 is 23.1 Å². The van der Waals surface area contributed by atoms with Crippen LogP contribution in [0.2, 0.25) is 0 Å². The van der Waals surface area contributed by atoms with Crippen molar-refractivity contribution in [2.45, 2.75) is 0 Å². The van der Waals surface area contributed by atoms with E-state index in [-0.39, 0.29) is 11.7 Å². The number of anilines is 3. The number of ether oxygens (including phenoxy) is 2. The minimum Gasteiger partial charge on any atom is -0.497 e. The highest BCUT2D eigenvalue weighted by atomic mass is 19.1. The molecule has 0 unspecified atom stereocenters. The van der Waals surface area contributed by atoms with E-state index >= 15 is 0 Å². The Bertz CT molecular complexity index is 928. The second-order valence-corrected chi connectivity index (χ2v) is 5.58. The van der Waals surface area contributed by atoms with Crippen molar-refractivity contribution in [3.8, 4) is 11.5 Å². The van der Waals surface area contributed by atoms with Gasteiger partial charge in [0.15, 0.2) is 0 Å². The first-order valence-corrected chi connectivity index (χ1v) is 8.11. The van der Waals surface area contributed by atoms with E-state index in [9.17, 15) is 9.18 Å². The number of rotatable bonds is 6. The molecule has 0 spiro atoms. The molecule has 0 saturated heterocycles. The normalized spacial score (nSPS) is 10.2. The maximum atomic E-state index is 12.9. The molecular weight excluding hydrogens is 349 g/mol. The van der Waals surface area contributed by atoms with Gasteiger partial charge in [-0.2, -0.15) is 0 Å². The summed E-state index contributed by atoms with van der Waals surface area (Å²) in [7, 11) is 3.15. The fourth-order valence-electron chi connectivity index (χ4n) is 2.38. The maximum absolute atomic E-state index is 12.9. The lowest BCUT2D eigenvalue weighted by Crippen LogP contribution is -2.12. The van der Waals surface area contributed by atoms with Gasteiger partial charge in [0.1, 0.15) is 23.1 Å². The highest BCUT2D eigenvalue weighted by Crippen LogP contribution is 2.30. The van der Waals surface area contributed by atoms with Crippen LogP contribution in [0.5, 0.6) is 11.5 Å².